The molecule has 2 aromatic heterocycles. The van der Waals surface area contributed by atoms with E-state index in [1.54, 1.807) is 16.8 Å². The van der Waals surface area contributed by atoms with Crippen molar-refractivity contribution in [2.75, 3.05) is 18.4 Å². The van der Waals surface area contributed by atoms with E-state index in [1.165, 1.54) is 34.4 Å². The van der Waals surface area contributed by atoms with Crippen molar-refractivity contribution < 1.29 is 27.6 Å². The van der Waals surface area contributed by atoms with Gasteiger partial charge in [-0.1, -0.05) is 12.1 Å². The average Bonchev–Trinajstić information content (AvgIpc) is 3.48. The second-order valence-electron chi connectivity index (χ2n) is 7.66. The first kappa shape index (κ1) is 23.9. The van der Waals surface area contributed by atoms with E-state index >= 15 is 0 Å². The minimum Gasteiger partial charge on any atom is -0.365 e. The molecular weight excluding hydrogens is 489 g/mol. The molecule has 12 heteroatoms. The molecule has 3 amide bonds. The largest absolute Gasteiger partial charge is 0.417 e. The molecule has 3 aromatic rings. The first-order chi connectivity index (χ1) is 16.1. The van der Waals surface area contributed by atoms with Crippen LogP contribution in [0.2, 0.25) is 0 Å². The Hall–Kier alpha value is -3.25. The van der Waals surface area contributed by atoms with Gasteiger partial charge in [-0.2, -0.15) is 13.2 Å². The zero-order chi connectivity index (χ0) is 24.5. The first-order valence-corrected chi connectivity index (χ1v) is 12.0. The molecule has 0 radical (unpaired) electrons. The van der Waals surface area contributed by atoms with Crippen molar-refractivity contribution in [2.24, 2.45) is 5.73 Å². The molecule has 0 atom stereocenters. The molecule has 3 N–H and O–H groups in total. The summed E-state index contributed by atoms with van der Waals surface area (Å²) in [6.45, 7) is 0.571. The number of likely N-dealkylation sites (tertiary alicyclic amines) is 1. The fraction of sp³-hybridized carbons (Fsp3) is 0.273. The zero-order valence-corrected chi connectivity index (χ0v) is 19.2. The van der Waals surface area contributed by atoms with Gasteiger partial charge < -0.3 is 16.0 Å². The third-order valence-electron chi connectivity index (χ3n) is 5.49. The molecule has 178 valence electrons. The number of carbonyl (C=O) groups is 3. The summed E-state index contributed by atoms with van der Waals surface area (Å²) in [7, 11) is 0. The number of amides is 3. The van der Waals surface area contributed by atoms with Crippen LogP contribution >= 0.6 is 22.7 Å². The quantitative estimate of drug-likeness (QED) is 0.526. The predicted octanol–water partition coefficient (Wildman–Crippen LogP) is 4.59. The summed E-state index contributed by atoms with van der Waals surface area (Å²) >= 11 is 2.43. The molecule has 34 heavy (non-hydrogen) atoms. The molecule has 0 bridgehead atoms. The molecule has 1 aliphatic rings. The van der Waals surface area contributed by atoms with Crippen LogP contribution < -0.4 is 11.1 Å². The van der Waals surface area contributed by atoms with Crippen molar-refractivity contribution in [1.82, 2.24) is 9.88 Å². The van der Waals surface area contributed by atoms with Crippen molar-refractivity contribution in [3.05, 3.63) is 67.8 Å². The second kappa shape index (κ2) is 9.55. The van der Waals surface area contributed by atoms with Crippen LogP contribution in [-0.2, 0) is 6.18 Å². The van der Waals surface area contributed by atoms with Crippen LogP contribution in [0, 0.1) is 0 Å². The highest BCUT2D eigenvalue weighted by molar-refractivity contribution is 7.12. The molecular formula is C22H19F3N4O3S2. The van der Waals surface area contributed by atoms with Gasteiger partial charge in [-0.05, 0) is 36.4 Å². The van der Waals surface area contributed by atoms with Gasteiger partial charge in [0.25, 0.3) is 17.7 Å². The highest BCUT2D eigenvalue weighted by Crippen LogP contribution is 2.35. The molecule has 0 spiro atoms. The number of thiazole rings is 1. The average molecular weight is 509 g/mol. The fourth-order valence-electron chi connectivity index (χ4n) is 3.78. The van der Waals surface area contributed by atoms with Gasteiger partial charge in [0.1, 0.15) is 10.6 Å². The van der Waals surface area contributed by atoms with Crippen LogP contribution in [0.25, 0.3) is 0 Å². The number of aromatic nitrogens is 1. The molecule has 4 rings (SSSR count). The van der Waals surface area contributed by atoms with Crippen LogP contribution in [0.4, 0.5) is 18.9 Å². The van der Waals surface area contributed by atoms with Gasteiger partial charge in [-0.15, -0.1) is 22.7 Å². The van der Waals surface area contributed by atoms with E-state index in [0.29, 0.717) is 23.5 Å². The number of nitrogens with two attached hydrogens (primary N) is 1. The van der Waals surface area contributed by atoms with E-state index in [0.717, 1.165) is 17.4 Å². The third kappa shape index (κ3) is 4.97. The topological polar surface area (TPSA) is 105 Å². The summed E-state index contributed by atoms with van der Waals surface area (Å²) in [4.78, 5) is 42.8. The monoisotopic (exact) mass is 508 g/mol. The minimum absolute atomic E-state index is 0.0178. The van der Waals surface area contributed by atoms with Crippen molar-refractivity contribution in [2.45, 2.75) is 24.9 Å². The van der Waals surface area contributed by atoms with Crippen LogP contribution in [0.3, 0.4) is 0 Å². The molecule has 0 unspecified atom stereocenters. The Morgan fingerprint density at radius 2 is 1.79 bits per heavy atom. The summed E-state index contributed by atoms with van der Waals surface area (Å²) in [5, 5.41) is 6.60. The van der Waals surface area contributed by atoms with Crippen molar-refractivity contribution >= 4 is 46.1 Å². The highest BCUT2D eigenvalue weighted by atomic mass is 32.1. The van der Waals surface area contributed by atoms with Crippen LogP contribution in [0.15, 0.2) is 41.1 Å². The van der Waals surface area contributed by atoms with Gasteiger partial charge in [0, 0.05) is 24.4 Å². The fourth-order valence-corrected chi connectivity index (χ4v) is 5.45. The number of hydrogen-bond donors (Lipinski definition) is 2. The van der Waals surface area contributed by atoms with Crippen molar-refractivity contribution in [3.8, 4) is 0 Å². The van der Waals surface area contributed by atoms with Crippen LogP contribution in [0.5, 0.6) is 0 Å². The Labute approximate surface area is 200 Å². The SMILES string of the molecule is NC(=O)c1sccc1NC(=O)c1csc(C2CCN(C(=O)c3ccccc3C(F)(F)F)CC2)n1. The third-order valence-corrected chi connectivity index (χ3v) is 7.42. The zero-order valence-electron chi connectivity index (χ0n) is 17.6. The number of halogens is 3. The minimum atomic E-state index is -4.61. The molecule has 0 aliphatic carbocycles. The molecule has 1 fully saturated rings. The van der Waals surface area contributed by atoms with E-state index in [2.05, 4.69) is 10.3 Å². The van der Waals surface area contributed by atoms with E-state index in [4.69, 9.17) is 5.73 Å². The van der Waals surface area contributed by atoms with Gasteiger partial charge in [0.05, 0.1) is 21.8 Å². The molecule has 1 saturated heterocycles. The maximum absolute atomic E-state index is 13.3. The Morgan fingerprint density at radius 3 is 2.47 bits per heavy atom. The van der Waals surface area contributed by atoms with Crippen LogP contribution in [-0.4, -0.2) is 40.7 Å². The maximum Gasteiger partial charge on any atom is 0.417 e. The molecule has 3 heterocycles. The summed E-state index contributed by atoms with van der Waals surface area (Å²) < 4.78 is 39.8. The number of nitrogens with zero attached hydrogens (tertiary/aromatic N) is 2. The summed E-state index contributed by atoms with van der Waals surface area (Å²) in [6.07, 6.45) is -3.57. The Kier molecular flexibility index (Phi) is 6.71. The number of primary amides is 1. The lowest BCUT2D eigenvalue weighted by Gasteiger charge is -2.31. The van der Waals surface area contributed by atoms with E-state index in [1.807, 2.05) is 0 Å². The van der Waals surface area contributed by atoms with Crippen LogP contribution in [0.1, 0.15) is 59.8 Å². The standard InChI is InChI=1S/C22H19F3N4O3S2/c23-22(24,25)14-4-2-1-3-13(14)21(32)29-8-5-12(6-9-29)20-28-16(11-34-20)19(31)27-15-7-10-33-17(15)18(26)30/h1-4,7,10-12H,5-6,8-9H2,(H2,26,30)(H,27,31). The predicted molar refractivity (Wildman–Crippen MR) is 122 cm³/mol. The van der Waals surface area contributed by atoms with E-state index in [-0.39, 0.29) is 35.1 Å². The lowest BCUT2D eigenvalue weighted by Crippen LogP contribution is -2.38. The molecule has 1 aliphatic heterocycles. The summed E-state index contributed by atoms with van der Waals surface area (Å²) in [5.74, 6) is -1.77. The number of rotatable bonds is 5. The number of anilines is 1. The number of hydrogen-bond acceptors (Lipinski definition) is 6. The Morgan fingerprint density at radius 1 is 1.09 bits per heavy atom. The number of alkyl halides is 3. The maximum atomic E-state index is 13.3. The number of nitrogens with one attached hydrogen (secondary N) is 1. The highest BCUT2D eigenvalue weighted by Gasteiger charge is 2.36. The number of thiophene rings is 1. The number of piperidine rings is 1. The molecule has 1 aromatic carbocycles. The van der Waals surface area contributed by atoms with E-state index in [9.17, 15) is 27.6 Å². The van der Waals surface area contributed by atoms with Crippen molar-refractivity contribution in [3.63, 3.8) is 0 Å². The first-order valence-electron chi connectivity index (χ1n) is 10.2. The summed E-state index contributed by atoms with van der Waals surface area (Å²) in [5.41, 5.74) is 4.52. The molecule has 7 nitrogen and oxygen atoms in total. The summed E-state index contributed by atoms with van der Waals surface area (Å²) in [6, 6.07) is 6.36. The Bertz CT molecular complexity index is 1230. The lowest BCUT2D eigenvalue weighted by atomic mass is 9.96. The lowest BCUT2D eigenvalue weighted by molar-refractivity contribution is -0.138. The van der Waals surface area contributed by atoms with Gasteiger partial charge >= 0.3 is 6.18 Å². The van der Waals surface area contributed by atoms with Gasteiger partial charge in [0.15, 0.2) is 0 Å². The van der Waals surface area contributed by atoms with Gasteiger partial charge in [-0.3, -0.25) is 14.4 Å². The van der Waals surface area contributed by atoms with Gasteiger partial charge in [0.2, 0.25) is 0 Å². The molecule has 0 saturated carbocycles. The van der Waals surface area contributed by atoms with Crippen molar-refractivity contribution in [1.29, 1.82) is 0 Å². The normalized spacial score (nSPS) is 14.7. The van der Waals surface area contributed by atoms with E-state index < -0.39 is 29.5 Å². The second-order valence-corrected chi connectivity index (χ2v) is 9.47. The number of carbonyl (C=O) groups excluding carboxylic acids is 3. The smallest absolute Gasteiger partial charge is 0.365 e. The number of benzene rings is 1. The van der Waals surface area contributed by atoms with Gasteiger partial charge in [-0.25, -0.2) is 4.98 Å². The Balaban J connectivity index is 1.39.